The Morgan fingerprint density at radius 3 is 1.30 bits per heavy atom. The lowest BCUT2D eigenvalue weighted by molar-refractivity contribution is -0.203. The maximum Gasteiger partial charge on any atom is 0.339 e. The van der Waals surface area contributed by atoms with Crippen molar-refractivity contribution in [3.05, 3.63) is 125 Å². The molecule has 0 spiro atoms. The van der Waals surface area contributed by atoms with Crippen molar-refractivity contribution < 1.29 is 132 Å². The molecule has 6 aliphatic heterocycles. The normalized spacial score (nSPS) is 33.3. The fraction of sp³-hybridized carbons (Fsp3) is 0.590. The molecule has 6 saturated heterocycles. The number of carbonyl (C=O) groups excluding carboxylic acids is 4. The smallest absolute Gasteiger partial charge is 0.339 e. The summed E-state index contributed by atoms with van der Waals surface area (Å²) in [5.74, 6) is -2.47. The number of nitrogens with zero attached hydrogens (tertiary/aromatic N) is 8. The van der Waals surface area contributed by atoms with Crippen LogP contribution in [0.4, 0.5) is 38.2 Å². The third kappa shape index (κ3) is 20.5. The van der Waals surface area contributed by atoms with Gasteiger partial charge in [0.1, 0.15) is 28.9 Å². The number of anilines is 2. The molecule has 6 aliphatic rings. The highest BCUT2D eigenvalue weighted by Crippen LogP contribution is 2.47. The number of benzene rings is 3. The number of alkyl halides is 6. The minimum Gasteiger partial charge on any atom is -0.476 e. The summed E-state index contributed by atoms with van der Waals surface area (Å²) >= 11 is 6.10. The summed E-state index contributed by atoms with van der Waals surface area (Å²) in [6, 6.07) is 25.1. The van der Waals surface area contributed by atoms with Crippen LogP contribution in [0.5, 0.6) is 5.88 Å². The third-order valence-electron chi connectivity index (χ3n) is 20.2. The first-order valence-electron chi connectivity index (χ1n) is 37.8. The number of methoxy groups -OCH3 is 3. The minimum absolute atomic E-state index is 0.0455. The second-order valence-electron chi connectivity index (χ2n) is 28.7. The fourth-order valence-corrected chi connectivity index (χ4v) is 13.9. The second-order valence-corrected chi connectivity index (χ2v) is 29.1. The summed E-state index contributed by atoms with van der Waals surface area (Å²) in [5.41, 5.74) is 5.33. The van der Waals surface area contributed by atoms with E-state index in [4.69, 9.17) is 94.5 Å². The lowest BCUT2D eigenvalue weighted by Crippen LogP contribution is -2.48. The maximum absolute atomic E-state index is 15.4. The lowest BCUT2D eigenvalue weighted by Gasteiger charge is -2.31. The molecule has 24 atom stereocenters. The van der Waals surface area contributed by atoms with Gasteiger partial charge in [0.05, 0.1) is 73.1 Å². The standard InChI is InChI=1S/C19H19ClFN5O3.C16H19FO5.C15H19FO4.C13H18FN5O4.C8H15FO3.C7H13FO3/c1-3-11-13(21)19(2,29-16(27)10-7-5-4-6-8-10)17(28-11)26-9-23-12-14(20)24-18(22)25-15(12)26;1-4-12-13(17)16(3,15(21-12)20-10(2)18)22-14(19)11-8-6-5-7-9-11;1-4-11-12(16)15(2,14(18-3)19-11)20-13(17)10-8-6-5-7-9-10;1-3-22-10-7-9(17-12(15)18-10)19(5-16-7)11-13(2,21)8(14)6(4-20)23-11;1-4-5-6(9)8(2,10)7(11-3)12-5;1-3-4-5(8)6(9)7(10-2)11-4/h4-9,11,13,17H,3H2,1-2H3,(H2,22,24,25);5-9,12-13,15H,4H2,1-3H3;5-9,11-12,14H,4H2,1-3H3;5-6,8,11,20-21H,3-4H2,1-2H3,(H2,15,17,18);5-7,10H,4H2,1-3H3;4-7,9H,3H2,1-2H3/t11-,13-,17-,19-;12-,13-,15?,16-;11-,12-,14+,15-;6-,8-,11-,13-;5-,6-,7+,8-;4-,5-,6-,7+/m111111/s1. The van der Waals surface area contributed by atoms with Crippen molar-refractivity contribution >= 4 is 69.7 Å². The van der Waals surface area contributed by atoms with Gasteiger partial charge in [-0.1, -0.05) is 101 Å². The number of imidazole rings is 2. The number of fused-ring (bicyclic) bond motifs is 2. The molecule has 0 aliphatic carbocycles. The molecular formula is C78H103ClF6N10O22. The summed E-state index contributed by atoms with van der Waals surface area (Å²) < 4.78 is 162. The van der Waals surface area contributed by atoms with Gasteiger partial charge in [-0.05, 0) is 110 Å². The molecule has 3 aromatic carbocycles. The van der Waals surface area contributed by atoms with Gasteiger partial charge in [-0.2, -0.15) is 19.9 Å². The summed E-state index contributed by atoms with van der Waals surface area (Å²) in [6.45, 7) is 18.8. The maximum atomic E-state index is 15.4. The fourth-order valence-electron chi connectivity index (χ4n) is 13.7. The van der Waals surface area contributed by atoms with E-state index in [2.05, 4.69) is 29.9 Å². The quantitative estimate of drug-likeness (QED) is 0.0179. The summed E-state index contributed by atoms with van der Waals surface area (Å²) in [7, 11) is 4.19. The Labute approximate surface area is 676 Å². The molecule has 32 nitrogen and oxygen atoms in total. The van der Waals surface area contributed by atoms with Gasteiger partial charge in [-0.3, -0.25) is 13.9 Å². The summed E-state index contributed by atoms with van der Waals surface area (Å²) in [6.07, 6.45) is -15.5. The Morgan fingerprint density at radius 2 is 0.889 bits per heavy atom. The first-order valence-corrected chi connectivity index (χ1v) is 38.2. The van der Waals surface area contributed by atoms with E-state index in [0.29, 0.717) is 55.4 Å². The van der Waals surface area contributed by atoms with Gasteiger partial charge in [0.15, 0.2) is 95.2 Å². The minimum atomic E-state index is -1.87. The number of esters is 4. The molecule has 8 N–H and O–H groups in total. The van der Waals surface area contributed by atoms with Crippen LogP contribution in [0.2, 0.25) is 5.15 Å². The van der Waals surface area contributed by atoms with E-state index in [-0.39, 0.29) is 45.3 Å². The Morgan fingerprint density at radius 1 is 0.496 bits per heavy atom. The van der Waals surface area contributed by atoms with Crippen LogP contribution in [0.3, 0.4) is 0 Å². The van der Waals surface area contributed by atoms with Crippen LogP contribution in [-0.4, -0.2) is 251 Å². The molecule has 13 rings (SSSR count). The number of aliphatic hydroxyl groups excluding tert-OH is 2. The Bertz CT molecular complexity index is 4370. The van der Waals surface area contributed by atoms with E-state index in [1.807, 2.05) is 20.8 Å². The van der Waals surface area contributed by atoms with Crippen LogP contribution < -0.4 is 16.2 Å². The Balaban J connectivity index is 0.000000180. The molecule has 117 heavy (non-hydrogen) atoms. The summed E-state index contributed by atoms with van der Waals surface area (Å²) in [5, 5.41) is 38.4. The van der Waals surface area contributed by atoms with E-state index >= 15 is 4.39 Å². The predicted octanol–water partition coefficient (Wildman–Crippen LogP) is 9.79. The predicted molar refractivity (Wildman–Crippen MR) is 407 cm³/mol. The number of aromatic nitrogens is 8. The molecule has 39 heteroatoms. The number of hydrogen-bond acceptors (Lipinski definition) is 30. The van der Waals surface area contributed by atoms with E-state index in [0.717, 1.165) is 0 Å². The molecule has 6 fully saturated rings. The van der Waals surface area contributed by atoms with Gasteiger partial charge in [0.2, 0.25) is 36.0 Å². The molecule has 0 amide bonds. The van der Waals surface area contributed by atoms with Crippen molar-refractivity contribution in [1.82, 2.24) is 39.0 Å². The zero-order valence-corrected chi connectivity index (χ0v) is 68.0. The highest BCUT2D eigenvalue weighted by Gasteiger charge is 2.62. The number of nitrogens with two attached hydrogens (primary N) is 2. The molecular weight excluding hydrogens is 1580 g/mol. The molecule has 0 radical (unpaired) electrons. The van der Waals surface area contributed by atoms with Gasteiger partial charge in [0.25, 0.3) is 0 Å². The molecule has 0 saturated carbocycles. The van der Waals surface area contributed by atoms with Crippen molar-refractivity contribution in [2.24, 2.45) is 0 Å². The van der Waals surface area contributed by atoms with Gasteiger partial charge < -0.3 is 98.2 Å². The largest absolute Gasteiger partial charge is 0.476 e. The number of nitrogen functional groups attached to an aromatic ring is 2. The van der Waals surface area contributed by atoms with Gasteiger partial charge in [-0.15, -0.1) is 0 Å². The topological polar surface area (TPSA) is 418 Å². The second kappa shape index (κ2) is 40.4. The number of hydrogen-bond donors (Lipinski definition) is 6. The van der Waals surface area contributed by atoms with E-state index in [1.165, 1.54) is 84.7 Å². The third-order valence-corrected chi connectivity index (χ3v) is 20.5. The van der Waals surface area contributed by atoms with Crippen LogP contribution in [0.1, 0.15) is 159 Å². The average Bonchev–Trinajstić information content (AvgIpc) is 1.59. The van der Waals surface area contributed by atoms with E-state index in [9.17, 15) is 56.4 Å². The Hall–Kier alpha value is -8.61. The number of aliphatic hydroxyl groups is 4. The number of ether oxygens (including phenoxy) is 14. The number of halogens is 7. The monoisotopic (exact) mass is 1680 g/mol. The zero-order valence-electron chi connectivity index (χ0n) is 67.2. The number of rotatable bonds is 20. The Kier molecular flexibility index (Phi) is 32.4. The first-order chi connectivity index (χ1) is 55.4. The van der Waals surface area contributed by atoms with Gasteiger partial charge in [-0.25, -0.2) is 50.7 Å². The van der Waals surface area contributed by atoms with Crippen molar-refractivity contribution in [2.75, 3.05) is 46.0 Å². The van der Waals surface area contributed by atoms with Crippen molar-refractivity contribution in [1.29, 1.82) is 0 Å². The molecule has 7 aromatic rings. The molecule has 10 heterocycles. The molecule has 1 unspecified atom stereocenters. The van der Waals surface area contributed by atoms with Crippen LogP contribution in [0.25, 0.3) is 22.3 Å². The van der Waals surface area contributed by atoms with Crippen LogP contribution >= 0.6 is 11.6 Å². The van der Waals surface area contributed by atoms with Crippen LogP contribution in [0, 0.1) is 0 Å². The van der Waals surface area contributed by atoms with Crippen molar-refractivity contribution in [3.63, 3.8) is 0 Å². The molecule has 4 aromatic heterocycles. The zero-order chi connectivity index (χ0) is 86.4. The van der Waals surface area contributed by atoms with E-state index < -0.39 is 176 Å². The highest BCUT2D eigenvalue weighted by molar-refractivity contribution is 6.33. The number of carbonyl (C=O) groups is 4. The van der Waals surface area contributed by atoms with Crippen molar-refractivity contribution in [3.8, 4) is 5.88 Å². The molecule has 646 valence electrons. The first kappa shape index (κ1) is 93.9. The molecule has 0 bridgehead atoms. The SMILES string of the molecule is CCOc1nc(N)nc2c1ncn2[C@@H]1O[C@H](CO)[C@@H](F)[C@@]1(C)O.CC[C@H]1OC(OC(C)=O)[C@](C)(OC(=O)c2ccccc2)[C@@H]1F.CC[C@H]1O[C@@H](n2cnc3c(Cl)nc(N)nc32)[C@](C)(OC(=O)c2ccccc2)[C@@H]1F.CC[C@H]1O[C@H](OC)[C@H](O)[C@@H]1F.CC[C@H]1O[C@H](OC)[C@](C)(O)[C@@H]1F.CC[C@H]1O[C@H](OC)[C@](C)(OC(=O)c2ccccc2)[C@@H]1F. The van der Waals surface area contributed by atoms with Crippen LogP contribution in [0.15, 0.2) is 104 Å². The van der Waals surface area contributed by atoms with Crippen LogP contribution in [-0.2, 0) is 66.4 Å². The van der Waals surface area contributed by atoms with Crippen molar-refractivity contribution in [2.45, 2.75) is 261 Å². The average molecular weight is 1680 g/mol. The lowest BCUT2D eigenvalue weighted by atomic mass is 9.96. The highest BCUT2D eigenvalue weighted by atomic mass is 35.5. The van der Waals surface area contributed by atoms with E-state index in [1.54, 1.807) is 112 Å². The van der Waals surface area contributed by atoms with Gasteiger partial charge in [0, 0.05) is 28.3 Å². The summed E-state index contributed by atoms with van der Waals surface area (Å²) in [4.78, 5) is 72.6. The van der Waals surface area contributed by atoms with Gasteiger partial charge >= 0.3 is 23.9 Å².